The number of anilines is 1. The number of carbonyl (C=O) groups is 1. The van der Waals surface area contributed by atoms with E-state index in [1.54, 1.807) is 0 Å². The number of rotatable bonds is 6. The van der Waals surface area contributed by atoms with Crippen LogP contribution in [0.4, 0.5) is 5.69 Å². The molecule has 28 heavy (non-hydrogen) atoms. The highest BCUT2D eigenvalue weighted by atomic mass is 35.5. The van der Waals surface area contributed by atoms with Crippen LogP contribution in [0, 0.1) is 6.92 Å². The van der Waals surface area contributed by atoms with Gasteiger partial charge in [0.15, 0.2) is 5.78 Å². The minimum Gasteiger partial charge on any atom is -0.381 e. The summed E-state index contributed by atoms with van der Waals surface area (Å²) >= 11 is 6.59. The fourth-order valence-electron chi connectivity index (χ4n) is 4.11. The van der Waals surface area contributed by atoms with Gasteiger partial charge >= 0.3 is 0 Å². The first kappa shape index (κ1) is 19.2. The molecule has 4 heteroatoms. The first-order valence-corrected chi connectivity index (χ1v) is 10.5. The summed E-state index contributed by atoms with van der Waals surface area (Å²) in [6.07, 6.45) is 3.70. The van der Waals surface area contributed by atoms with E-state index in [1.165, 1.54) is 16.7 Å². The molecule has 2 unspecified atom stereocenters. The Morgan fingerprint density at radius 2 is 1.96 bits per heavy atom. The van der Waals surface area contributed by atoms with Crippen LogP contribution in [0.5, 0.6) is 0 Å². The number of carbonyl (C=O) groups excluding carboxylic acids is 1. The van der Waals surface area contributed by atoms with Crippen molar-refractivity contribution in [1.82, 2.24) is 5.32 Å². The molecule has 1 saturated heterocycles. The third kappa shape index (κ3) is 4.16. The lowest BCUT2D eigenvalue weighted by atomic mass is 9.88. The maximum Gasteiger partial charge on any atom is 0.158 e. The van der Waals surface area contributed by atoms with Gasteiger partial charge in [0, 0.05) is 35.8 Å². The lowest BCUT2D eigenvalue weighted by Gasteiger charge is -2.16. The van der Waals surface area contributed by atoms with E-state index in [0.29, 0.717) is 18.2 Å². The SMILES string of the molecule is CC1=C(CC2NC2c2ccc(NCc3ccccc3C)cc2Cl)CCCC1=O. The molecular formula is C24H27ClN2O. The Hall–Kier alpha value is -2.10. The average molecular weight is 395 g/mol. The molecule has 2 N–H and O–H groups in total. The van der Waals surface area contributed by atoms with Crippen molar-refractivity contribution in [3.63, 3.8) is 0 Å². The van der Waals surface area contributed by atoms with E-state index in [0.717, 1.165) is 47.7 Å². The molecule has 1 aliphatic heterocycles. The summed E-state index contributed by atoms with van der Waals surface area (Å²) in [5, 5.41) is 7.80. The molecule has 0 radical (unpaired) electrons. The highest BCUT2D eigenvalue weighted by Crippen LogP contribution is 2.40. The second-order valence-electron chi connectivity index (χ2n) is 7.98. The zero-order chi connectivity index (χ0) is 19.7. The zero-order valence-corrected chi connectivity index (χ0v) is 17.3. The Morgan fingerprint density at radius 3 is 2.75 bits per heavy atom. The Kier molecular flexibility index (Phi) is 5.56. The van der Waals surface area contributed by atoms with Crippen LogP contribution in [0.1, 0.15) is 55.3 Å². The fraction of sp³-hybridized carbons (Fsp3) is 0.375. The summed E-state index contributed by atoms with van der Waals surface area (Å²) in [7, 11) is 0. The molecule has 0 saturated carbocycles. The van der Waals surface area contributed by atoms with E-state index in [4.69, 9.17) is 11.6 Å². The molecule has 2 aromatic carbocycles. The topological polar surface area (TPSA) is 51.0 Å². The van der Waals surface area contributed by atoms with E-state index in [1.807, 2.05) is 13.0 Å². The van der Waals surface area contributed by atoms with Crippen LogP contribution in [-0.4, -0.2) is 11.8 Å². The van der Waals surface area contributed by atoms with Gasteiger partial charge < -0.3 is 10.6 Å². The molecule has 0 bridgehead atoms. The van der Waals surface area contributed by atoms with Gasteiger partial charge in [0.25, 0.3) is 0 Å². The van der Waals surface area contributed by atoms with Crippen molar-refractivity contribution in [3.8, 4) is 0 Å². The zero-order valence-electron chi connectivity index (χ0n) is 16.5. The summed E-state index contributed by atoms with van der Waals surface area (Å²) in [4.78, 5) is 11.9. The van der Waals surface area contributed by atoms with Crippen LogP contribution in [-0.2, 0) is 11.3 Å². The molecule has 1 fully saturated rings. The Morgan fingerprint density at radius 1 is 1.14 bits per heavy atom. The predicted molar refractivity (Wildman–Crippen MR) is 116 cm³/mol. The first-order chi connectivity index (χ1) is 13.5. The van der Waals surface area contributed by atoms with Crippen LogP contribution < -0.4 is 10.6 Å². The van der Waals surface area contributed by atoms with Gasteiger partial charge in [-0.15, -0.1) is 0 Å². The lowest BCUT2D eigenvalue weighted by molar-refractivity contribution is -0.116. The first-order valence-electron chi connectivity index (χ1n) is 10.1. The number of Topliss-reactive ketones (excluding diaryl/α,β-unsaturated/α-hetero) is 1. The van der Waals surface area contributed by atoms with E-state index in [2.05, 4.69) is 54.0 Å². The number of nitrogens with one attached hydrogen (secondary N) is 2. The quantitative estimate of drug-likeness (QED) is 0.615. The Bertz CT molecular complexity index is 934. The Labute approximate surface area is 172 Å². The number of hydrogen-bond donors (Lipinski definition) is 2. The molecule has 2 atom stereocenters. The maximum absolute atomic E-state index is 11.9. The number of ketones is 1. The molecule has 1 aliphatic carbocycles. The van der Waals surface area contributed by atoms with Gasteiger partial charge in [0.2, 0.25) is 0 Å². The minimum absolute atomic E-state index is 0.287. The van der Waals surface area contributed by atoms with Crippen LogP contribution >= 0.6 is 11.6 Å². The van der Waals surface area contributed by atoms with Crippen LogP contribution in [0.2, 0.25) is 5.02 Å². The van der Waals surface area contributed by atoms with E-state index < -0.39 is 0 Å². The van der Waals surface area contributed by atoms with Crippen molar-refractivity contribution >= 4 is 23.1 Å². The monoisotopic (exact) mass is 394 g/mol. The van der Waals surface area contributed by atoms with Crippen LogP contribution in [0.25, 0.3) is 0 Å². The molecule has 3 nitrogen and oxygen atoms in total. The summed E-state index contributed by atoms with van der Waals surface area (Å²) in [5.41, 5.74) is 7.06. The molecule has 0 aromatic heterocycles. The molecule has 0 spiro atoms. The van der Waals surface area contributed by atoms with Crippen molar-refractivity contribution in [2.45, 2.75) is 58.2 Å². The largest absolute Gasteiger partial charge is 0.381 e. The van der Waals surface area contributed by atoms with E-state index >= 15 is 0 Å². The second kappa shape index (κ2) is 8.10. The smallest absolute Gasteiger partial charge is 0.158 e. The average Bonchev–Trinajstić information content (AvgIpc) is 3.44. The number of halogens is 1. The third-order valence-corrected chi connectivity index (χ3v) is 6.39. The van der Waals surface area contributed by atoms with Gasteiger partial charge in [-0.3, -0.25) is 4.79 Å². The lowest BCUT2D eigenvalue weighted by Crippen LogP contribution is -2.11. The fourth-order valence-corrected chi connectivity index (χ4v) is 4.41. The Balaban J connectivity index is 1.38. The second-order valence-corrected chi connectivity index (χ2v) is 8.38. The number of aryl methyl sites for hydroxylation is 1. The predicted octanol–water partition coefficient (Wildman–Crippen LogP) is 5.73. The summed E-state index contributed by atoms with van der Waals surface area (Å²) in [6, 6.07) is 15.3. The van der Waals surface area contributed by atoms with Crippen molar-refractivity contribution < 1.29 is 4.79 Å². The summed E-state index contributed by atoms with van der Waals surface area (Å²) < 4.78 is 0. The number of benzene rings is 2. The van der Waals surface area contributed by atoms with Gasteiger partial charge in [-0.05, 0) is 67.5 Å². The number of hydrogen-bond acceptors (Lipinski definition) is 3. The maximum atomic E-state index is 11.9. The van der Waals surface area contributed by atoms with Crippen molar-refractivity contribution in [3.05, 3.63) is 75.3 Å². The van der Waals surface area contributed by atoms with Gasteiger partial charge in [0.05, 0.1) is 0 Å². The van der Waals surface area contributed by atoms with Gasteiger partial charge in [-0.25, -0.2) is 0 Å². The van der Waals surface area contributed by atoms with Crippen LogP contribution in [0.15, 0.2) is 53.6 Å². The summed E-state index contributed by atoms with van der Waals surface area (Å²) in [5.74, 6) is 0.320. The van der Waals surface area contributed by atoms with Crippen molar-refractivity contribution in [1.29, 1.82) is 0 Å². The van der Waals surface area contributed by atoms with Gasteiger partial charge in [-0.1, -0.05) is 47.5 Å². The number of allylic oxidation sites excluding steroid dienone is 1. The van der Waals surface area contributed by atoms with Gasteiger partial charge in [-0.2, -0.15) is 0 Å². The standard InChI is InChI=1S/C24H27ClN2O/c1-15-6-3-4-7-18(15)14-26-19-10-11-20(21(25)13-19)24-22(27-24)12-17-8-5-9-23(28)16(17)2/h3-4,6-7,10-11,13,22,24,26-27H,5,8-9,12,14H2,1-2H3. The highest BCUT2D eigenvalue weighted by Gasteiger charge is 2.39. The molecule has 146 valence electrons. The van der Waals surface area contributed by atoms with Crippen molar-refractivity contribution in [2.75, 3.05) is 5.32 Å². The van der Waals surface area contributed by atoms with E-state index in [-0.39, 0.29) is 6.04 Å². The molecule has 2 aliphatic rings. The summed E-state index contributed by atoms with van der Waals surface area (Å²) in [6.45, 7) is 4.90. The minimum atomic E-state index is 0.287. The molecular weight excluding hydrogens is 368 g/mol. The van der Waals surface area contributed by atoms with Gasteiger partial charge in [0.1, 0.15) is 0 Å². The van der Waals surface area contributed by atoms with Crippen LogP contribution in [0.3, 0.4) is 0 Å². The molecule has 4 rings (SSSR count). The normalized spacial score (nSPS) is 21.8. The third-order valence-electron chi connectivity index (χ3n) is 6.06. The highest BCUT2D eigenvalue weighted by molar-refractivity contribution is 6.31. The molecule has 1 heterocycles. The molecule has 2 aromatic rings. The van der Waals surface area contributed by atoms with E-state index in [9.17, 15) is 4.79 Å². The molecule has 0 amide bonds. The van der Waals surface area contributed by atoms with Crippen molar-refractivity contribution in [2.24, 2.45) is 0 Å².